The number of esters is 2. The van der Waals surface area contributed by atoms with Crippen molar-refractivity contribution in [2.75, 3.05) is 13.2 Å². The summed E-state index contributed by atoms with van der Waals surface area (Å²) in [5.74, 6) is -0.900. The summed E-state index contributed by atoms with van der Waals surface area (Å²) in [4.78, 5) is 23.1. The highest BCUT2D eigenvalue weighted by Gasteiger charge is 2.30. The van der Waals surface area contributed by atoms with Gasteiger partial charge in [-0.05, 0) is 70.7 Å². The normalized spacial score (nSPS) is 14.0. The second-order valence-electron chi connectivity index (χ2n) is 13.4. The molecule has 236 valence electrons. The summed E-state index contributed by atoms with van der Waals surface area (Å²) in [5.41, 5.74) is 7.63. The molecule has 0 aliphatic carbocycles. The van der Waals surface area contributed by atoms with Gasteiger partial charge in [0.2, 0.25) is 0 Å². The molecule has 0 aliphatic heterocycles. The van der Waals surface area contributed by atoms with Gasteiger partial charge in [0.25, 0.3) is 0 Å². The zero-order valence-electron chi connectivity index (χ0n) is 27.5. The second-order valence-corrected chi connectivity index (χ2v) is 13.4. The van der Waals surface area contributed by atoms with Crippen LogP contribution in [0.4, 0.5) is 0 Å². The monoisotopic (exact) mass is 593 g/mol. The van der Waals surface area contributed by atoms with Crippen LogP contribution >= 0.6 is 0 Å². The largest absolute Gasteiger partial charge is 0.456 e. The average molecular weight is 594 g/mol. The molecule has 7 heteroatoms. The first-order chi connectivity index (χ1) is 19.7. The molecule has 0 spiro atoms. The average Bonchev–Trinajstić information content (AvgIpc) is 2.92. The summed E-state index contributed by atoms with van der Waals surface area (Å²) in [6, 6.07) is 16.7. The van der Waals surface area contributed by atoms with E-state index < -0.39 is 34.5 Å². The van der Waals surface area contributed by atoms with Gasteiger partial charge < -0.3 is 18.9 Å². The van der Waals surface area contributed by atoms with Crippen molar-refractivity contribution < 1.29 is 28.5 Å². The maximum Gasteiger partial charge on any atom is 0.330 e. The molecular formula is C36H51NO6. The molecule has 0 amide bonds. The van der Waals surface area contributed by atoms with Crippen molar-refractivity contribution in [2.45, 2.75) is 103 Å². The molecule has 0 saturated carbocycles. The number of hydrogen-bond donors (Lipinski definition) is 1. The van der Waals surface area contributed by atoms with Gasteiger partial charge in [-0.25, -0.2) is 9.59 Å². The minimum atomic E-state index is -1.00. The Balaban J connectivity index is 2.05. The number of benzene rings is 2. The van der Waals surface area contributed by atoms with E-state index in [0.29, 0.717) is 26.1 Å². The van der Waals surface area contributed by atoms with Crippen LogP contribution in [0.15, 0.2) is 73.8 Å². The molecule has 0 bridgehead atoms. The van der Waals surface area contributed by atoms with E-state index >= 15 is 0 Å². The third-order valence-corrected chi connectivity index (χ3v) is 7.84. The molecule has 0 radical (unpaired) electrons. The number of hydrogen-bond acceptors (Lipinski definition) is 7. The highest BCUT2D eigenvalue weighted by Crippen LogP contribution is 2.35. The zero-order valence-corrected chi connectivity index (χ0v) is 27.5. The summed E-state index contributed by atoms with van der Waals surface area (Å²) < 4.78 is 23.0. The maximum atomic E-state index is 11.6. The molecule has 0 saturated heterocycles. The highest BCUT2D eigenvalue weighted by molar-refractivity contribution is 5.81. The Morgan fingerprint density at radius 1 is 0.628 bits per heavy atom. The predicted octanol–water partition coefficient (Wildman–Crippen LogP) is 7.21. The van der Waals surface area contributed by atoms with Crippen LogP contribution in [0, 0.1) is 0 Å². The van der Waals surface area contributed by atoms with Gasteiger partial charge >= 0.3 is 11.9 Å². The smallest absolute Gasteiger partial charge is 0.330 e. The molecule has 2 N–H and O–H groups in total. The highest BCUT2D eigenvalue weighted by atomic mass is 16.6. The fourth-order valence-electron chi connectivity index (χ4n) is 4.63. The van der Waals surface area contributed by atoms with Crippen LogP contribution in [-0.4, -0.2) is 36.4 Å². The second kappa shape index (κ2) is 14.0. The molecule has 2 aromatic rings. The Kier molecular flexibility index (Phi) is 11.7. The first-order valence-electron chi connectivity index (χ1n) is 14.7. The van der Waals surface area contributed by atoms with Gasteiger partial charge in [-0.1, -0.05) is 75.5 Å². The van der Waals surface area contributed by atoms with Gasteiger partial charge in [-0.3, -0.25) is 5.73 Å². The van der Waals surface area contributed by atoms with Crippen molar-refractivity contribution in [1.29, 1.82) is 0 Å². The predicted molar refractivity (Wildman–Crippen MR) is 171 cm³/mol. The first kappa shape index (κ1) is 35.9. The number of nitrogens with two attached hydrogens (primary N) is 1. The molecule has 43 heavy (non-hydrogen) atoms. The minimum Gasteiger partial charge on any atom is -0.456 e. The molecule has 1 atom stereocenters. The van der Waals surface area contributed by atoms with E-state index in [-0.39, 0.29) is 5.41 Å². The first-order valence-corrected chi connectivity index (χ1v) is 14.7. The van der Waals surface area contributed by atoms with Crippen LogP contribution in [0.2, 0.25) is 0 Å². The van der Waals surface area contributed by atoms with Gasteiger partial charge in [0.05, 0.1) is 18.8 Å². The van der Waals surface area contributed by atoms with Crippen molar-refractivity contribution in [2.24, 2.45) is 5.73 Å². The minimum absolute atomic E-state index is 0.258. The van der Waals surface area contributed by atoms with E-state index in [4.69, 9.17) is 24.7 Å². The quantitative estimate of drug-likeness (QED) is 0.125. The van der Waals surface area contributed by atoms with Crippen molar-refractivity contribution in [3.05, 3.63) is 96.1 Å². The Morgan fingerprint density at radius 3 is 1.37 bits per heavy atom. The van der Waals surface area contributed by atoms with Crippen LogP contribution in [0.3, 0.4) is 0 Å². The molecule has 7 nitrogen and oxygen atoms in total. The Morgan fingerprint density at radius 2 is 0.977 bits per heavy atom. The molecular weight excluding hydrogens is 542 g/mol. The van der Waals surface area contributed by atoms with Gasteiger partial charge in [0, 0.05) is 30.4 Å². The van der Waals surface area contributed by atoms with Crippen molar-refractivity contribution in [3.8, 4) is 0 Å². The summed E-state index contributed by atoms with van der Waals surface area (Å²) in [5, 5.41) is 0. The molecule has 0 fully saturated rings. The van der Waals surface area contributed by atoms with Crippen LogP contribution in [0.5, 0.6) is 0 Å². The SMILES string of the molecule is C=CC(=O)OC(C)(C)CCOC(C)(C)c1ccc(C(C)(C)c2ccc(C(C)(N)OCCC(C)(C)OC(=O)C=C)cc2)cc1. The van der Waals surface area contributed by atoms with Crippen molar-refractivity contribution in [3.63, 3.8) is 0 Å². The maximum absolute atomic E-state index is 11.6. The van der Waals surface area contributed by atoms with Gasteiger partial charge in [-0.2, -0.15) is 0 Å². The Bertz CT molecular complexity index is 1160. The van der Waals surface area contributed by atoms with Crippen LogP contribution < -0.4 is 5.73 Å². The van der Waals surface area contributed by atoms with E-state index in [1.54, 1.807) is 0 Å². The lowest BCUT2D eigenvalue weighted by atomic mass is 9.77. The molecule has 0 aromatic heterocycles. The van der Waals surface area contributed by atoms with Crippen LogP contribution in [0.25, 0.3) is 0 Å². The molecule has 1 unspecified atom stereocenters. The van der Waals surface area contributed by atoms with Crippen LogP contribution in [-0.2, 0) is 45.3 Å². The zero-order chi connectivity index (χ0) is 32.7. The van der Waals surface area contributed by atoms with Crippen molar-refractivity contribution >= 4 is 11.9 Å². The van der Waals surface area contributed by atoms with Crippen LogP contribution in [0.1, 0.15) is 97.4 Å². The third kappa shape index (κ3) is 10.4. The number of carbonyl (C=O) groups is 2. The lowest BCUT2D eigenvalue weighted by Crippen LogP contribution is -2.38. The number of carbonyl (C=O) groups excluding carboxylic acids is 2. The summed E-state index contributed by atoms with van der Waals surface area (Å²) in [6.45, 7) is 25.3. The fraction of sp³-hybridized carbons (Fsp3) is 0.500. The van der Waals surface area contributed by atoms with Crippen molar-refractivity contribution in [1.82, 2.24) is 0 Å². The summed E-state index contributed by atoms with van der Waals surface area (Å²) >= 11 is 0. The molecule has 0 heterocycles. The van der Waals surface area contributed by atoms with E-state index in [1.165, 1.54) is 11.6 Å². The van der Waals surface area contributed by atoms with E-state index in [2.05, 4.69) is 63.4 Å². The van der Waals surface area contributed by atoms with Gasteiger partial charge in [-0.15, -0.1) is 0 Å². The van der Waals surface area contributed by atoms with Gasteiger partial charge in [0.15, 0.2) is 0 Å². The number of ether oxygens (including phenoxy) is 4. The Hall–Kier alpha value is -3.26. The number of rotatable bonds is 16. The molecule has 2 aromatic carbocycles. The third-order valence-electron chi connectivity index (χ3n) is 7.84. The summed E-state index contributed by atoms with van der Waals surface area (Å²) in [6.07, 6.45) is 3.38. The van der Waals surface area contributed by atoms with E-state index in [1.807, 2.05) is 60.6 Å². The lowest BCUT2D eigenvalue weighted by Gasteiger charge is -2.32. The summed E-state index contributed by atoms with van der Waals surface area (Å²) in [7, 11) is 0. The van der Waals surface area contributed by atoms with Gasteiger partial charge in [0.1, 0.15) is 16.9 Å². The van der Waals surface area contributed by atoms with E-state index in [9.17, 15) is 9.59 Å². The Labute approximate surface area is 258 Å². The topological polar surface area (TPSA) is 97.1 Å². The molecule has 0 aliphatic rings. The fourth-order valence-corrected chi connectivity index (χ4v) is 4.63. The molecule has 2 rings (SSSR count). The van der Waals surface area contributed by atoms with E-state index in [0.717, 1.165) is 22.8 Å². The standard InChI is InChI=1S/C36H51NO6/c1-12-30(38)42-32(3,4)22-24-40-35(9,10)28-18-14-26(15-19-28)34(7,8)27-16-20-29(21-17-27)36(11,37)41-25-23-33(5,6)43-31(39)13-2/h12-21H,1-2,22-25,37H2,3-11H3. The lowest BCUT2D eigenvalue weighted by molar-refractivity contribution is -0.154.